The summed E-state index contributed by atoms with van der Waals surface area (Å²) in [4.78, 5) is 24.0. The molecular formula is C22H24Br2N4O6. The number of benzene rings is 2. The van der Waals surface area contributed by atoms with Gasteiger partial charge >= 0.3 is 0 Å². The van der Waals surface area contributed by atoms with E-state index in [0.29, 0.717) is 43.1 Å². The number of hydrogen-bond donors (Lipinski definition) is 2. The van der Waals surface area contributed by atoms with E-state index in [0.717, 1.165) is 0 Å². The van der Waals surface area contributed by atoms with Crippen LogP contribution in [0.2, 0.25) is 0 Å². The highest BCUT2D eigenvalue weighted by atomic mass is 79.9. The van der Waals surface area contributed by atoms with E-state index < -0.39 is 11.8 Å². The number of ether oxygens (including phenoxy) is 4. The number of nitrogens with zero attached hydrogens (tertiary/aromatic N) is 2. The standard InChI is InChI=1S/C22H24Br2N4O6/c1-31-17-9-19(33-3)15(23)7-13(17)11-25-27-21(29)5-6-22(30)28-26-12-14-8-16(24)20(34-4)10-18(14)32-2/h7-12H,5-6H2,1-4H3,(H,27,29)(H,28,30). The predicted octanol–water partition coefficient (Wildman–Crippen LogP) is 3.63. The van der Waals surface area contributed by atoms with Crippen molar-refractivity contribution in [1.29, 1.82) is 0 Å². The minimum absolute atomic E-state index is 0.0699. The highest BCUT2D eigenvalue weighted by Crippen LogP contribution is 2.32. The lowest BCUT2D eigenvalue weighted by atomic mass is 10.2. The molecule has 10 nitrogen and oxygen atoms in total. The molecule has 0 aromatic heterocycles. The Kier molecular flexibility index (Phi) is 10.8. The SMILES string of the molecule is COc1cc(OC)c(C=NNC(=O)CCC(=O)NN=Cc2cc(Br)c(OC)cc2OC)cc1Br. The van der Waals surface area contributed by atoms with E-state index in [1.807, 2.05) is 0 Å². The molecule has 0 heterocycles. The number of hydrogen-bond acceptors (Lipinski definition) is 8. The Labute approximate surface area is 213 Å². The average molecular weight is 600 g/mol. The van der Waals surface area contributed by atoms with Gasteiger partial charge in [0.05, 0.1) is 49.8 Å². The Morgan fingerprint density at radius 1 is 0.706 bits per heavy atom. The van der Waals surface area contributed by atoms with Crippen molar-refractivity contribution in [3.63, 3.8) is 0 Å². The molecule has 2 aromatic carbocycles. The molecule has 2 N–H and O–H groups in total. The second-order valence-corrected chi connectivity index (χ2v) is 8.25. The van der Waals surface area contributed by atoms with Gasteiger partial charge in [0.2, 0.25) is 11.8 Å². The van der Waals surface area contributed by atoms with E-state index >= 15 is 0 Å². The van der Waals surface area contributed by atoms with Crippen LogP contribution in [0.1, 0.15) is 24.0 Å². The van der Waals surface area contributed by atoms with Crippen molar-refractivity contribution in [2.24, 2.45) is 10.2 Å². The topological polar surface area (TPSA) is 120 Å². The van der Waals surface area contributed by atoms with Gasteiger partial charge in [-0.2, -0.15) is 10.2 Å². The summed E-state index contributed by atoms with van der Waals surface area (Å²) in [5.41, 5.74) is 6.01. The summed E-state index contributed by atoms with van der Waals surface area (Å²) in [6, 6.07) is 6.88. The number of carbonyl (C=O) groups excluding carboxylic acids is 2. The molecule has 34 heavy (non-hydrogen) atoms. The monoisotopic (exact) mass is 598 g/mol. The van der Waals surface area contributed by atoms with Gasteiger partial charge in [0.25, 0.3) is 0 Å². The number of halogens is 2. The van der Waals surface area contributed by atoms with Crippen LogP contribution < -0.4 is 29.8 Å². The van der Waals surface area contributed by atoms with Gasteiger partial charge in [-0.25, -0.2) is 10.9 Å². The first kappa shape index (κ1) is 27.1. The lowest BCUT2D eigenvalue weighted by Gasteiger charge is -2.09. The summed E-state index contributed by atoms with van der Waals surface area (Å²) >= 11 is 6.77. The molecule has 2 rings (SSSR count). The first-order valence-corrected chi connectivity index (χ1v) is 11.4. The van der Waals surface area contributed by atoms with Gasteiger partial charge in [-0.3, -0.25) is 9.59 Å². The number of rotatable bonds is 11. The van der Waals surface area contributed by atoms with Gasteiger partial charge in [-0.05, 0) is 44.0 Å². The van der Waals surface area contributed by atoms with Gasteiger partial charge in [-0.15, -0.1) is 0 Å². The fourth-order valence-corrected chi connectivity index (χ4v) is 3.70. The van der Waals surface area contributed by atoms with Gasteiger partial charge in [0.15, 0.2) is 0 Å². The third kappa shape index (κ3) is 7.73. The fourth-order valence-electron chi connectivity index (χ4n) is 2.65. The van der Waals surface area contributed by atoms with Crippen LogP contribution in [0, 0.1) is 0 Å². The quantitative estimate of drug-likeness (QED) is 0.301. The molecular weight excluding hydrogens is 576 g/mol. The van der Waals surface area contributed by atoms with E-state index in [-0.39, 0.29) is 12.8 Å². The Bertz CT molecular complexity index is 1010. The Morgan fingerprint density at radius 2 is 1.06 bits per heavy atom. The fraction of sp³-hybridized carbons (Fsp3) is 0.273. The summed E-state index contributed by atoms with van der Waals surface area (Å²) < 4.78 is 22.4. The van der Waals surface area contributed by atoms with Crippen LogP contribution in [-0.4, -0.2) is 52.7 Å². The number of nitrogens with one attached hydrogen (secondary N) is 2. The Hall–Kier alpha value is -3.12. The third-order valence-electron chi connectivity index (χ3n) is 4.37. The van der Waals surface area contributed by atoms with Crippen molar-refractivity contribution in [2.45, 2.75) is 12.8 Å². The van der Waals surface area contributed by atoms with Crippen LogP contribution in [0.15, 0.2) is 43.4 Å². The summed E-state index contributed by atoms with van der Waals surface area (Å²) in [6.45, 7) is 0. The minimum atomic E-state index is -0.428. The normalized spacial score (nSPS) is 10.9. The first-order chi connectivity index (χ1) is 16.3. The van der Waals surface area contributed by atoms with Crippen molar-refractivity contribution in [2.75, 3.05) is 28.4 Å². The molecule has 182 valence electrons. The van der Waals surface area contributed by atoms with Gasteiger partial charge in [0, 0.05) is 36.1 Å². The van der Waals surface area contributed by atoms with E-state index in [2.05, 4.69) is 52.9 Å². The highest BCUT2D eigenvalue weighted by Gasteiger charge is 2.10. The molecule has 0 atom stereocenters. The summed E-state index contributed by atoms with van der Waals surface area (Å²) in [7, 11) is 6.13. The van der Waals surface area contributed by atoms with Crippen LogP contribution in [-0.2, 0) is 9.59 Å². The molecule has 2 amide bonds. The average Bonchev–Trinajstić information content (AvgIpc) is 2.83. The lowest BCUT2D eigenvalue weighted by molar-refractivity contribution is -0.126. The molecule has 0 fully saturated rings. The van der Waals surface area contributed by atoms with Crippen molar-refractivity contribution in [1.82, 2.24) is 10.9 Å². The lowest BCUT2D eigenvalue weighted by Crippen LogP contribution is -2.22. The summed E-state index contributed by atoms with van der Waals surface area (Å²) in [6.07, 6.45) is 2.73. The maximum atomic E-state index is 12.0. The summed E-state index contributed by atoms with van der Waals surface area (Å²) in [5, 5.41) is 7.82. The predicted molar refractivity (Wildman–Crippen MR) is 135 cm³/mol. The van der Waals surface area contributed by atoms with Crippen molar-refractivity contribution < 1.29 is 28.5 Å². The second kappa shape index (κ2) is 13.6. The Morgan fingerprint density at radius 3 is 1.38 bits per heavy atom. The molecule has 0 aliphatic carbocycles. The Balaban J connectivity index is 1.85. The molecule has 0 unspecified atom stereocenters. The second-order valence-electron chi connectivity index (χ2n) is 6.54. The zero-order chi connectivity index (χ0) is 25.1. The van der Waals surface area contributed by atoms with E-state index in [1.54, 1.807) is 38.5 Å². The van der Waals surface area contributed by atoms with E-state index in [9.17, 15) is 9.59 Å². The smallest absolute Gasteiger partial charge is 0.240 e. The molecule has 0 saturated heterocycles. The molecule has 0 saturated carbocycles. The van der Waals surface area contributed by atoms with Crippen LogP contribution in [0.3, 0.4) is 0 Å². The molecule has 0 spiro atoms. The van der Waals surface area contributed by atoms with Gasteiger partial charge < -0.3 is 18.9 Å². The number of amides is 2. The largest absolute Gasteiger partial charge is 0.496 e. The third-order valence-corrected chi connectivity index (χ3v) is 5.61. The summed E-state index contributed by atoms with van der Waals surface area (Å²) in [5.74, 6) is 1.39. The maximum Gasteiger partial charge on any atom is 0.240 e. The maximum absolute atomic E-state index is 12.0. The minimum Gasteiger partial charge on any atom is -0.496 e. The molecule has 0 bridgehead atoms. The van der Waals surface area contributed by atoms with E-state index in [1.165, 1.54) is 26.6 Å². The number of carbonyl (C=O) groups is 2. The molecule has 12 heteroatoms. The van der Waals surface area contributed by atoms with Gasteiger partial charge in [0.1, 0.15) is 23.0 Å². The van der Waals surface area contributed by atoms with Crippen molar-refractivity contribution >= 4 is 56.1 Å². The number of hydrazone groups is 2. The zero-order valence-corrected chi connectivity index (χ0v) is 22.2. The van der Waals surface area contributed by atoms with Crippen molar-refractivity contribution in [3.8, 4) is 23.0 Å². The van der Waals surface area contributed by atoms with E-state index in [4.69, 9.17) is 18.9 Å². The highest BCUT2D eigenvalue weighted by molar-refractivity contribution is 9.10. The van der Waals surface area contributed by atoms with Gasteiger partial charge in [-0.1, -0.05) is 0 Å². The van der Waals surface area contributed by atoms with Crippen LogP contribution in [0.25, 0.3) is 0 Å². The van der Waals surface area contributed by atoms with Crippen LogP contribution in [0.4, 0.5) is 0 Å². The van der Waals surface area contributed by atoms with Crippen LogP contribution >= 0.6 is 31.9 Å². The first-order valence-electron chi connectivity index (χ1n) is 9.79. The molecule has 0 radical (unpaired) electrons. The van der Waals surface area contributed by atoms with Crippen LogP contribution in [0.5, 0.6) is 23.0 Å². The number of methoxy groups -OCH3 is 4. The molecule has 2 aromatic rings. The molecule has 0 aliphatic rings. The zero-order valence-electron chi connectivity index (χ0n) is 19.0. The van der Waals surface area contributed by atoms with Crippen molar-refractivity contribution in [3.05, 3.63) is 44.3 Å². The molecule has 0 aliphatic heterocycles.